The third-order valence-corrected chi connectivity index (χ3v) is 6.90. The minimum Gasteiger partial charge on any atom is -0.490 e. The molecule has 2 aliphatic rings. The van der Waals surface area contributed by atoms with Crippen molar-refractivity contribution in [3.63, 3.8) is 0 Å². The number of amides is 2. The molecule has 39 heavy (non-hydrogen) atoms. The van der Waals surface area contributed by atoms with E-state index >= 15 is 0 Å². The molecule has 0 aliphatic carbocycles. The number of carbonyl (C=O) groups excluding carboxylic acids is 3. The van der Waals surface area contributed by atoms with Gasteiger partial charge < -0.3 is 23.8 Å². The quantitative estimate of drug-likeness (QED) is 0.342. The maximum absolute atomic E-state index is 13.0. The molecule has 0 unspecified atom stereocenters. The number of rotatable bonds is 9. The number of hydrogen-bond donors (Lipinski definition) is 0. The van der Waals surface area contributed by atoms with Gasteiger partial charge in [0.25, 0.3) is 11.8 Å². The number of aliphatic imine (C=N–C) groups is 1. The first-order valence-corrected chi connectivity index (χ1v) is 13.5. The number of benzene rings is 2. The molecule has 0 radical (unpaired) electrons. The van der Waals surface area contributed by atoms with Crippen LogP contribution < -0.4 is 9.47 Å². The number of likely N-dealkylation sites (N-methyl/N-ethyl adjacent to an activating group) is 1. The fourth-order valence-corrected chi connectivity index (χ4v) is 4.90. The van der Waals surface area contributed by atoms with Crippen LogP contribution in [-0.2, 0) is 19.1 Å². The number of hydrogen-bond acceptors (Lipinski definition) is 9. The van der Waals surface area contributed by atoms with Crippen molar-refractivity contribution in [1.82, 2.24) is 9.80 Å². The topological polar surface area (TPSA) is 107 Å². The Kier molecular flexibility index (Phi) is 9.61. The summed E-state index contributed by atoms with van der Waals surface area (Å²) in [6.07, 6.45) is 1.75. The highest BCUT2D eigenvalue weighted by molar-refractivity contribution is 8.18. The van der Waals surface area contributed by atoms with E-state index < -0.39 is 5.97 Å². The largest absolute Gasteiger partial charge is 0.490 e. The van der Waals surface area contributed by atoms with Crippen molar-refractivity contribution < 1.29 is 33.3 Å². The normalized spacial score (nSPS) is 17.6. The van der Waals surface area contributed by atoms with Crippen LogP contribution in [0.4, 0.5) is 5.69 Å². The van der Waals surface area contributed by atoms with E-state index in [1.54, 1.807) is 67.4 Å². The van der Waals surface area contributed by atoms with Gasteiger partial charge in [-0.15, -0.1) is 0 Å². The van der Waals surface area contributed by atoms with E-state index in [0.29, 0.717) is 65.7 Å². The zero-order valence-corrected chi connectivity index (χ0v) is 23.0. The maximum atomic E-state index is 13.0. The minimum absolute atomic E-state index is 0.0655. The van der Waals surface area contributed by atoms with Gasteiger partial charge in [-0.3, -0.25) is 14.5 Å². The van der Waals surface area contributed by atoms with Gasteiger partial charge in [0.05, 0.1) is 37.0 Å². The molecular formula is C28H31N3O7S. The Hall–Kier alpha value is -3.83. The molecule has 2 saturated heterocycles. The number of nitrogens with zero attached hydrogens (tertiary/aromatic N) is 3. The average molecular weight is 554 g/mol. The first-order chi connectivity index (χ1) is 18.9. The maximum Gasteiger partial charge on any atom is 0.344 e. The monoisotopic (exact) mass is 553 g/mol. The van der Waals surface area contributed by atoms with E-state index in [0.717, 1.165) is 5.56 Å². The van der Waals surface area contributed by atoms with Gasteiger partial charge in [0.15, 0.2) is 23.3 Å². The summed E-state index contributed by atoms with van der Waals surface area (Å²) < 4.78 is 21.5. The molecule has 0 N–H and O–H groups in total. The van der Waals surface area contributed by atoms with E-state index in [-0.39, 0.29) is 25.0 Å². The lowest BCUT2D eigenvalue weighted by atomic mass is 10.1. The van der Waals surface area contributed by atoms with Crippen LogP contribution in [0.5, 0.6) is 11.5 Å². The number of amidine groups is 1. The third kappa shape index (κ3) is 7.18. The molecule has 4 rings (SSSR count). The Labute approximate surface area is 231 Å². The van der Waals surface area contributed by atoms with Crippen LogP contribution in [-0.4, -0.2) is 85.9 Å². The van der Waals surface area contributed by atoms with Crippen molar-refractivity contribution in [2.24, 2.45) is 4.99 Å². The zero-order chi connectivity index (χ0) is 27.8. The SMILES string of the molecule is CCOC(=O)COc1ccc(/C=C2/SC(=Nc3cccc(C(=O)N4CCOCC4)c3)N(C)C2=O)cc1OCC. The van der Waals surface area contributed by atoms with Crippen molar-refractivity contribution in [2.75, 3.05) is 53.2 Å². The van der Waals surface area contributed by atoms with E-state index in [4.69, 9.17) is 18.9 Å². The Morgan fingerprint density at radius 2 is 1.85 bits per heavy atom. The fourth-order valence-electron chi connectivity index (χ4n) is 3.91. The molecule has 0 bridgehead atoms. The Bertz CT molecular complexity index is 1290. The highest BCUT2D eigenvalue weighted by Gasteiger charge is 2.30. The number of ether oxygens (including phenoxy) is 4. The summed E-state index contributed by atoms with van der Waals surface area (Å²) in [5.41, 5.74) is 1.85. The average Bonchev–Trinajstić information content (AvgIpc) is 3.20. The highest BCUT2D eigenvalue weighted by atomic mass is 32.2. The van der Waals surface area contributed by atoms with Crippen molar-refractivity contribution in [2.45, 2.75) is 13.8 Å². The molecule has 0 saturated carbocycles. The molecule has 0 aromatic heterocycles. The molecule has 206 valence electrons. The summed E-state index contributed by atoms with van der Waals surface area (Å²) in [5.74, 6) is 0.132. The number of carbonyl (C=O) groups is 3. The van der Waals surface area contributed by atoms with Gasteiger partial charge in [0, 0.05) is 25.7 Å². The molecule has 2 aliphatic heterocycles. The molecular weight excluding hydrogens is 522 g/mol. The molecule has 11 heteroatoms. The second-order valence-electron chi connectivity index (χ2n) is 8.56. The Morgan fingerprint density at radius 3 is 2.59 bits per heavy atom. The molecule has 2 aromatic carbocycles. The lowest BCUT2D eigenvalue weighted by Crippen LogP contribution is -2.40. The van der Waals surface area contributed by atoms with Crippen LogP contribution in [0, 0.1) is 0 Å². The standard InChI is InChI=1S/C28H31N3O7S/c1-4-36-23-15-19(9-10-22(23)38-18-25(32)37-5-2)16-24-27(34)30(3)28(39-24)29-21-8-6-7-20(17-21)26(33)31-11-13-35-14-12-31/h6-10,15-17H,4-5,11-14,18H2,1-3H3/b24-16+,29-28?. The van der Waals surface area contributed by atoms with Gasteiger partial charge in [-0.25, -0.2) is 9.79 Å². The van der Waals surface area contributed by atoms with E-state index in [9.17, 15) is 14.4 Å². The Balaban J connectivity index is 1.51. The summed E-state index contributed by atoms with van der Waals surface area (Å²) in [6.45, 7) is 6.19. The molecule has 0 atom stereocenters. The predicted octanol–water partition coefficient (Wildman–Crippen LogP) is 3.73. The minimum atomic E-state index is -0.468. The fraction of sp³-hybridized carbons (Fsp3) is 0.357. The van der Waals surface area contributed by atoms with Gasteiger partial charge >= 0.3 is 5.97 Å². The molecule has 2 aromatic rings. The Morgan fingerprint density at radius 1 is 1.05 bits per heavy atom. The van der Waals surface area contributed by atoms with Crippen molar-refractivity contribution in [3.8, 4) is 11.5 Å². The summed E-state index contributed by atoms with van der Waals surface area (Å²) >= 11 is 1.24. The molecule has 2 heterocycles. The van der Waals surface area contributed by atoms with Crippen LogP contribution in [0.3, 0.4) is 0 Å². The molecule has 0 spiro atoms. The van der Waals surface area contributed by atoms with Crippen LogP contribution in [0.1, 0.15) is 29.8 Å². The van der Waals surface area contributed by atoms with Crippen LogP contribution >= 0.6 is 11.8 Å². The smallest absolute Gasteiger partial charge is 0.344 e. The predicted molar refractivity (Wildman–Crippen MR) is 148 cm³/mol. The summed E-state index contributed by atoms with van der Waals surface area (Å²) in [5, 5.41) is 0.502. The third-order valence-electron chi connectivity index (χ3n) is 5.84. The second kappa shape index (κ2) is 13.3. The first kappa shape index (κ1) is 28.2. The van der Waals surface area contributed by atoms with Crippen molar-refractivity contribution in [3.05, 3.63) is 58.5 Å². The number of esters is 1. The van der Waals surface area contributed by atoms with Crippen molar-refractivity contribution >= 4 is 46.5 Å². The van der Waals surface area contributed by atoms with Gasteiger partial charge in [-0.2, -0.15) is 0 Å². The summed E-state index contributed by atoms with van der Waals surface area (Å²) in [4.78, 5) is 45.9. The number of morpholine rings is 1. The summed E-state index contributed by atoms with van der Waals surface area (Å²) in [7, 11) is 1.66. The summed E-state index contributed by atoms with van der Waals surface area (Å²) in [6, 6.07) is 12.3. The van der Waals surface area contributed by atoms with Gasteiger partial charge in [0.1, 0.15) is 0 Å². The molecule has 2 fully saturated rings. The lowest BCUT2D eigenvalue weighted by Gasteiger charge is -2.26. The van der Waals surface area contributed by atoms with Crippen LogP contribution in [0.2, 0.25) is 0 Å². The zero-order valence-electron chi connectivity index (χ0n) is 22.2. The van der Waals surface area contributed by atoms with Gasteiger partial charge in [0.2, 0.25) is 0 Å². The second-order valence-corrected chi connectivity index (χ2v) is 9.57. The number of thioether (sulfide) groups is 1. The lowest BCUT2D eigenvalue weighted by molar-refractivity contribution is -0.145. The van der Waals surface area contributed by atoms with Gasteiger partial charge in [-0.05, 0) is 67.6 Å². The van der Waals surface area contributed by atoms with E-state index in [1.165, 1.54) is 16.7 Å². The van der Waals surface area contributed by atoms with Gasteiger partial charge in [-0.1, -0.05) is 12.1 Å². The van der Waals surface area contributed by atoms with Crippen molar-refractivity contribution in [1.29, 1.82) is 0 Å². The van der Waals surface area contributed by atoms with E-state index in [1.807, 2.05) is 6.92 Å². The molecule has 2 amide bonds. The molecule has 10 nitrogen and oxygen atoms in total. The highest BCUT2D eigenvalue weighted by Crippen LogP contribution is 2.35. The van der Waals surface area contributed by atoms with Crippen LogP contribution in [0.15, 0.2) is 52.4 Å². The van der Waals surface area contributed by atoms with E-state index in [2.05, 4.69) is 4.99 Å². The van der Waals surface area contributed by atoms with Crippen LogP contribution in [0.25, 0.3) is 6.08 Å². The first-order valence-electron chi connectivity index (χ1n) is 12.7.